The molecule has 0 saturated heterocycles. The van der Waals surface area contributed by atoms with Gasteiger partial charge in [0.05, 0.1) is 25.1 Å². The van der Waals surface area contributed by atoms with Crippen molar-refractivity contribution in [2.45, 2.75) is 6.92 Å². The topological polar surface area (TPSA) is 82.5 Å². The second kappa shape index (κ2) is 10.3. The number of nitrogens with zero attached hydrogens (tertiary/aromatic N) is 2. The molecule has 10 heteroatoms. The van der Waals surface area contributed by atoms with Crippen molar-refractivity contribution < 1.29 is 32.2 Å². The quantitative estimate of drug-likeness (QED) is 0.348. The first-order valence-electron chi connectivity index (χ1n) is 10.8. The third kappa shape index (κ3) is 5.07. The summed E-state index contributed by atoms with van der Waals surface area (Å²) in [6.45, 7) is 1.85. The van der Waals surface area contributed by atoms with E-state index in [4.69, 9.17) is 9.47 Å². The number of benzene rings is 3. The van der Waals surface area contributed by atoms with Gasteiger partial charge in [0.1, 0.15) is 28.8 Å². The predicted octanol–water partition coefficient (Wildman–Crippen LogP) is 5.39. The van der Waals surface area contributed by atoms with Crippen LogP contribution in [0.3, 0.4) is 0 Å². The number of halogens is 3. The first kappa shape index (κ1) is 24.5. The molecule has 0 bridgehead atoms. The van der Waals surface area contributed by atoms with E-state index >= 15 is 0 Å². The molecule has 0 aliphatic heterocycles. The molecule has 0 aliphatic rings. The molecule has 4 aromatic rings. The third-order valence-electron chi connectivity index (χ3n) is 5.16. The Hall–Kier alpha value is -4.60. The lowest BCUT2D eigenvalue weighted by Crippen LogP contribution is -2.16. The van der Waals surface area contributed by atoms with Crippen LogP contribution < -0.4 is 10.1 Å². The number of hydrogen-bond donors (Lipinski definition) is 1. The fraction of sp³-hybridized carbons (Fsp3) is 0.115. The second-order valence-corrected chi connectivity index (χ2v) is 7.52. The van der Waals surface area contributed by atoms with E-state index in [2.05, 4.69) is 10.4 Å². The van der Waals surface area contributed by atoms with Crippen molar-refractivity contribution in [2.75, 3.05) is 19.0 Å². The van der Waals surface area contributed by atoms with Gasteiger partial charge < -0.3 is 14.8 Å². The van der Waals surface area contributed by atoms with Crippen molar-refractivity contribution in [2.24, 2.45) is 0 Å². The first-order chi connectivity index (χ1) is 17.3. The highest BCUT2D eigenvalue weighted by molar-refractivity contribution is 6.05. The average molecular weight is 495 g/mol. The number of methoxy groups -OCH3 is 1. The predicted molar refractivity (Wildman–Crippen MR) is 126 cm³/mol. The minimum Gasteiger partial charge on any atom is -0.497 e. The van der Waals surface area contributed by atoms with Crippen LogP contribution in [0.15, 0.2) is 66.7 Å². The summed E-state index contributed by atoms with van der Waals surface area (Å²) in [6.07, 6.45) is 0. The molecule has 0 unspecified atom stereocenters. The zero-order valence-electron chi connectivity index (χ0n) is 19.2. The Morgan fingerprint density at radius 2 is 1.67 bits per heavy atom. The van der Waals surface area contributed by atoms with Crippen molar-refractivity contribution >= 4 is 17.6 Å². The van der Waals surface area contributed by atoms with Gasteiger partial charge in [-0.1, -0.05) is 12.1 Å². The van der Waals surface area contributed by atoms with Gasteiger partial charge in [0.25, 0.3) is 5.91 Å². The van der Waals surface area contributed by atoms with E-state index in [0.717, 1.165) is 0 Å². The van der Waals surface area contributed by atoms with Crippen molar-refractivity contribution in [1.82, 2.24) is 9.78 Å². The molecule has 0 radical (unpaired) electrons. The van der Waals surface area contributed by atoms with E-state index in [0.29, 0.717) is 34.8 Å². The molecule has 0 atom stereocenters. The number of anilines is 1. The molecule has 7 nitrogen and oxygen atoms in total. The molecule has 0 spiro atoms. The van der Waals surface area contributed by atoms with Gasteiger partial charge in [-0.2, -0.15) is 5.10 Å². The summed E-state index contributed by atoms with van der Waals surface area (Å²) in [5, 5.41) is 6.79. The standard InChI is InChI=1S/C26H20F3N3O4/c1-3-36-26(34)22-14-23(32(31-22)18-7-9-19(35-2)10-8-18)15-5-4-6-17(11-15)30-25(33)24-20(28)12-16(27)13-21(24)29/h4-14H,3H2,1-2H3,(H,30,33). The molecule has 184 valence electrons. The maximum Gasteiger partial charge on any atom is 0.358 e. The normalized spacial score (nSPS) is 10.7. The number of rotatable bonds is 7. The van der Waals surface area contributed by atoms with Gasteiger partial charge in [-0.25, -0.2) is 22.6 Å². The Morgan fingerprint density at radius 3 is 2.31 bits per heavy atom. The highest BCUT2D eigenvalue weighted by Crippen LogP contribution is 2.28. The monoisotopic (exact) mass is 495 g/mol. The van der Waals surface area contributed by atoms with Crippen molar-refractivity contribution in [1.29, 1.82) is 0 Å². The van der Waals surface area contributed by atoms with E-state index in [1.807, 2.05) is 0 Å². The van der Waals surface area contributed by atoms with Gasteiger partial charge in [0.2, 0.25) is 0 Å². The van der Waals surface area contributed by atoms with Crippen LogP contribution in [0.1, 0.15) is 27.8 Å². The van der Waals surface area contributed by atoms with Gasteiger partial charge >= 0.3 is 5.97 Å². The first-order valence-corrected chi connectivity index (χ1v) is 10.8. The molecule has 1 amide bonds. The Kier molecular flexibility index (Phi) is 7.05. The number of aromatic nitrogens is 2. The summed E-state index contributed by atoms with van der Waals surface area (Å²) >= 11 is 0. The summed E-state index contributed by atoms with van der Waals surface area (Å²) in [7, 11) is 1.54. The maximum atomic E-state index is 14.0. The van der Waals surface area contributed by atoms with Gasteiger partial charge in [-0.3, -0.25) is 4.79 Å². The molecule has 0 aliphatic carbocycles. The van der Waals surface area contributed by atoms with Crippen LogP contribution in [0, 0.1) is 17.5 Å². The molecular weight excluding hydrogens is 475 g/mol. The number of amides is 1. The fourth-order valence-electron chi connectivity index (χ4n) is 3.52. The van der Waals surface area contributed by atoms with Gasteiger partial charge in [0, 0.05) is 23.4 Å². The van der Waals surface area contributed by atoms with Crippen LogP contribution >= 0.6 is 0 Å². The summed E-state index contributed by atoms with van der Waals surface area (Å²) in [4.78, 5) is 24.9. The molecule has 1 aromatic heterocycles. The molecule has 0 fully saturated rings. The number of carbonyl (C=O) groups excluding carboxylic acids is 2. The molecule has 1 heterocycles. The van der Waals surface area contributed by atoms with Crippen molar-refractivity contribution in [3.63, 3.8) is 0 Å². The van der Waals surface area contributed by atoms with Crippen LogP contribution in [0.25, 0.3) is 16.9 Å². The lowest BCUT2D eigenvalue weighted by atomic mass is 10.1. The second-order valence-electron chi connectivity index (χ2n) is 7.52. The lowest BCUT2D eigenvalue weighted by Gasteiger charge is -2.11. The van der Waals surface area contributed by atoms with Gasteiger partial charge in [-0.15, -0.1) is 0 Å². The minimum atomic E-state index is -1.32. The van der Waals surface area contributed by atoms with E-state index in [-0.39, 0.29) is 18.0 Å². The van der Waals surface area contributed by atoms with Crippen LogP contribution in [-0.2, 0) is 4.74 Å². The summed E-state index contributed by atoms with van der Waals surface area (Å²) in [6, 6.07) is 15.7. The van der Waals surface area contributed by atoms with Gasteiger partial charge in [0.15, 0.2) is 5.69 Å². The van der Waals surface area contributed by atoms with Gasteiger partial charge in [-0.05, 0) is 49.4 Å². The number of carbonyl (C=O) groups is 2. The number of ether oxygens (including phenoxy) is 2. The van der Waals surface area contributed by atoms with E-state index in [1.54, 1.807) is 49.4 Å². The average Bonchev–Trinajstić information content (AvgIpc) is 3.29. The van der Waals surface area contributed by atoms with Crippen LogP contribution in [0.4, 0.5) is 18.9 Å². The van der Waals surface area contributed by atoms with E-state index in [1.165, 1.54) is 23.9 Å². The molecule has 4 rings (SSSR count). The minimum absolute atomic E-state index is 0.0626. The number of esters is 1. The highest BCUT2D eigenvalue weighted by Gasteiger charge is 2.21. The van der Waals surface area contributed by atoms with E-state index in [9.17, 15) is 22.8 Å². The SMILES string of the molecule is CCOC(=O)c1cc(-c2cccc(NC(=O)c3c(F)cc(F)cc3F)c2)n(-c2ccc(OC)cc2)n1. The molecular formula is C26H20F3N3O4. The molecule has 36 heavy (non-hydrogen) atoms. The third-order valence-corrected chi connectivity index (χ3v) is 5.16. The van der Waals surface area contributed by atoms with E-state index < -0.39 is 34.9 Å². The Morgan fingerprint density at radius 1 is 0.972 bits per heavy atom. The van der Waals surface area contributed by atoms with Crippen molar-refractivity contribution in [3.8, 4) is 22.7 Å². The van der Waals surface area contributed by atoms with Crippen LogP contribution in [0.2, 0.25) is 0 Å². The summed E-state index contributed by atoms with van der Waals surface area (Å²) in [5.74, 6) is -4.85. The number of hydrogen-bond acceptors (Lipinski definition) is 5. The number of nitrogens with one attached hydrogen (secondary N) is 1. The van der Waals surface area contributed by atoms with Crippen molar-refractivity contribution in [3.05, 3.63) is 95.4 Å². The largest absolute Gasteiger partial charge is 0.497 e. The van der Waals surface area contributed by atoms with Crippen LogP contribution in [-0.4, -0.2) is 35.4 Å². The van der Waals surface area contributed by atoms with Crippen LogP contribution in [0.5, 0.6) is 5.75 Å². The maximum absolute atomic E-state index is 14.0. The Labute approximate surface area is 204 Å². The summed E-state index contributed by atoms with van der Waals surface area (Å²) in [5.41, 5.74) is 0.999. The highest BCUT2D eigenvalue weighted by atomic mass is 19.1. The fourth-order valence-corrected chi connectivity index (χ4v) is 3.52. The smallest absolute Gasteiger partial charge is 0.358 e. The molecule has 0 saturated carbocycles. The zero-order chi connectivity index (χ0) is 25.8. The zero-order valence-corrected chi connectivity index (χ0v) is 19.2. The Balaban J connectivity index is 1.72. The lowest BCUT2D eigenvalue weighted by molar-refractivity contribution is 0.0518. The molecule has 1 N–H and O–H groups in total. The Bertz CT molecular complexity index is 1410. The molecule has 3 aromatic carbocycles. The summed E-state index contributed by atoms with van der Waals surface area (Å²) < 4.78 is 53.1.